The van der Waals surface area contributed by atoms with Crippen molar-refractivity contribution in [1.82, 2.24) is 0 Å². The lowest BCUT2D eigenvalue weighted by molar-refractivity contribution is -0.180. The quantitative estimate of drug-likeness (QED) is 0.580. The van der Waals surface area contributed by atoms with Gasteiger partial charge in [-0.2, -0.15) is 0 Å². The van der Waals surface area contributed by atoms with Crippen molar-refractivity contribution in [2.45, 2.75) is 31.4 Å². The van der Waals surface area contributed by atoms with Crippen LogP contribution in [0, 0.1) is 0 Å². The van der Waals surface area contributed by atoms with Gasteiger partial charge in [-0.25, -0.2) is 0 Å². The molecule has 0 aromatic rings. The number of ether oxygens (including phenoxy) is 2. The first-order valence-electron chi connectivity index (χ1n) is 3.66. The Labute approximate surface area is 66.5 Å². The Balaban J connectivity index is 2.13. The maximum Gasteiger partial charge on any atom is 0.158 e. The third-order valence-electron chi connectivity index (χ3n) is 1.41. The van der Waals surface area contributed by atoms with Crippen molar-refractivity contribution < 1.29 is 9.47 Å². The van der Waals surface area contributed by atoms with Crippen LogP contribution in [-0.2, 0) is 9.47 Å². The van der Waals surface area contributed by atoms with E-state index in [1.807, 2.05) is 6.92 Å². The molecule has 60 valence electrons. The molecule has 0 aromatic carbocycles. The van der Waals surface area contributed by atoms with Gasteiger partial charge in [0, 0.05) is 11.8 Å². The SMILES string of the molecule is CC(Cl)CC1OCCCO1. The Morgan fingerprint density at radius 1 is 1.50 bits per heavy atom. The average Bonchev–Trinajstić information content (AvgIpc) is 1.88. The first-order valence-corrected chi connectivity index (χ1v) is 4.10. The molecule has 1 unspecified atom stereocenters. The molecular weight excluding hydrogens is 152 g/mol. The Morgan fingerprint density at radius 3 is 2.60 bits per heavy atom. The summed E-state index contributed by atoms with van der Waals surface area (Å²) in [7, 11) is 0. The summed E-state index contributed by atoms with van der Waals surface area (Å²) in [5, 5.41) is 0.142. The van der Waals surface area contributed by atoms with E-state index in [0.29, 0.717) is 0 Å². The highest BCUT2D eigenvalue weighted by molar-refractivity contribution is 6.20. The van der Waals surface area contributed by atoms with E-state index in [0.717, 1.165) is 26.1 Å². The number of rotatable bonds is 2. The van der Waals surface area contributed by atoms with E-state index in [1.54, 1.807) is 0 Å². The van der Waals surface area contributed by atoms with E-state index in [1.165, 1.54) is 0 Å². The van der Waals surface area contributed by atoms with E-state index in [4.69, 9.17) is 21.1 Å². The van der Waals surface area contributed by atoms with Crippen LogP contribution >= 0.6 is 11.6 Å². The fourth-order valence-electron chi connectivity index (χ4n) is 0.938. The summed E-state index contributed by atoms with van der Waals surface area (Å²) in [5.74, 6) is 0. The summed E-state index contributed by atoms with van der Waals surface area (Å²) < 4.78 is 10.6. The van der Waals surface area contributed by atoms with Crippen LogP contribution < -0.4 is 0 Å². The molecule has 0 aromatic heterocycles. The Bertz CT molecular complexity index is 89.6. The second kappa shape index (κ2) is 4.16. The monoisotopic (exact) mass is 164 g/mol. The number of hydrogen-bond donors (Lipinski definition) is 0. The van der Waals surface area contributed by atoms with Crippen LogP contribution in [0.2, 0.25) is 0 Å². The van der Waals surface area contributed by atoms with E-state index in [-0.39, 0.29) is 11.7 Å². The van der Waals surface area contributed by atoms with Crippen molar-refractivity contribution in [2.75, 3.05) is 13.2 Å². The molecule has 0 amide bonds. The molecule has 1 rings (SSSR count). The third-order valence-corrected chi connectivity index (χ3v) is 1.59. The van der Waals surface area contributed by atoms with Gasteiger partial charge in [-0.1, -0.05) is 0 Å². The van der Waals surface area contributed by atoms with Gasteiger partial charge in [0.05, 0.1) is 13.2 Å². The van der Waals surface area contributed by atoms with Gasteiger partial charge in [0.2, 0.25) is 0 Å². The van der Waals surface area contributed by atoms with E-state index in [2.05, 4.69) is 0 Å². The Morgan fingerprint density at radius 2 is 2.10 bits per heavy atom. The molecule has 1 aliphatic rings. The first-order chi connectivity index (χ1) is 4.79. The summed E-state index contributed by atoms with van der Waals surface area (Å²) in [6.07, 6.45) is 1.75. The summed E-state index contributed by atoms with van der Waals surface area (Å²) in [6.45, 7) is 3.57. The first kappa shape index (κ1) is 8.31. The molecule has 2 nitrogen and oxygen atoms in total. The van der Waals surface area contributed by atoms with E-state index < -0.39 is 0 Å². The Kier molecular flexibility index (Phi) is 3.46. The molecular formula is C7H13ClO2. The van der Waals surface area contributed by atoms with Crippen molar-refractivity contribution in [3.05, 3.63) is 0 Å². The van der Waals surface area contributed by atoms with Gasteiger partial charge >= 0.3 is 0 Å². The van der Waals surface area contributed by atoms with Crippen LogP contribution in [-0.4, -0.2) is 24.9 Å². The molecule has 3 heteroatoms. The smallest absolute Gasteiger partial charge is 0.158 e. The van der Waals surface area contributed by atoms with Gasteiger partial charge in [0.15, 0.2) is 6.29 Å². The maximum absolute atomic E-state index is 5.75. The maximum atomic E-state index is 5.75. The third kappa shape index (κ3) is 2.86. The number of halogens is 1. The van der Waals surface area contributed by atoms with Gasteiger partial charge < -0.3 is 9.47 Å². The van der Waals surface area contributed by atoms with Crippen molar-refractivity contribution >= 4 is 11.6 Å². The second-order valence-electron chi connectivity index (χ2n) is 2.54. The standard InChI is InChI=1S/C7H13ClO2/c1-6(8)5-7-9-3-2-4-10-7/h6-7H,2-5H2,1H3. The highest BCUT2D eigenvalue weighted by Gasteiger charge is 2.15. The zero-order chi connectivity index (χ0) is 7.40. The number of alkyl halides is 1. The van der Waals surface area contributed by atoms with E-state index in [9.17, 15) is 0 Å². The minimum Gasteiger partial charge on any atom is -0.353 e. The fraction of sp³-hybridized carbons (Fsp3) is 1.00. The van der Waals surface area contributed by atoms with Crippen molar-refractivity contribution in [2.24, 2.45) is 0 Å². The van der Waals surface area contributed by atoms with Crippen molar-refractivity contribution in [3.63, 3.8) is 0 Å². The largest absolute Gasteiger partial charge is 0.353 e. The lowest BCUT2D eigenvalue weighted by Crippen LogP contribution is -2.26. The molecule has 1 atom stereocenters. The van der Waals surface area contributed by atoms with E-state index >= 15 is 0 Å². The van der Waals surface area contributed by atoms with Crippen LogP contribution in [0.4, 0.5) is 0 Å². The molecule has 1 saturated heterocycles. The Hall–Kier alpha value is 0.210. The normalized spacial score (nSPS) is 24.6. The molecule has 0 radical (unpaired) electrons. The van der Waals surface area contributed by atoms with Gasteiger partial charge in [-0.05, 0) is 13.3 Å². The highest BCUT2D eigenvalue weighted by atomic mass is 35.5. The molecule has 1 heterocycles. The lowest BCUT2D eigenvalue weighted by Gasteiger charge is -2.23. The molecule has 1 aliphatic heterocycles. The van der Waals surface area contributed by atoms with Crippen LogP contribution in [0.15, 0.2) is 0 Å². The summed E-state index contributed by atoms with van der Waals surface area (Å²) >= 11 is 5.75. The predicted molar refractivity (Wildman–Crippen MR) is 40.2 cm³/mol. The van der Waals surface area contributed by atoms with Crippen molar-refractivity contribution in [3.8, 4) is 0 Å². The molecule has 0 N–H and O–H groups in total. The average molecular weight is 165 g/mol. The van der Waals surface area contributed by atoms with Gasteiger partial charge in [-0.15, -0.1) is 11.6 Å². The molecule has 0 aliphatic carbocycles. The fourth-order valence-corrected chi connectivity index (χ4v) is 1.08. The summed E-state index contributed by atoms with van der Waals surface area (Å²) in [5.41, 5.74) is 0. The molecule has 0 spiro atoms. The number of hydrogen-bond acceptors (Lipinski definition) is 2. The predicted octanol–water partition coefficient (Wildman–Crippen LogP) is 1.77. The van der Waals surface area contributed by atoms with Gasteiger partial charge in [-0.3, -0.25) is 0 Å². The summed E-state index contributed by atoms with van der Waals surface area (Å²) in [6, 6.07) is 0. The zero-order valence-corrected chi connectivity index (χ0v) is 6.93. The van der Waals surface area contributed by atoms with Gasteiger partial charge in [0.1, 0.15) is 0 Å². The lowest BCUT2D eigenvalue weighted by atomic mass is 10.3. The minimum absolute atomic E-state index is 0.0544. The molecule has 10 heavy (non-hydrogen) atoms. The molecule has 0 bridgehead atoms. The topological polar surface area (TPSA) is 18.5 Å². The summed E-state index contributed by atoms with van der Waals surface area (Å²) in [4.78, 5) is 0. The second-order valence-corrected chi connectivity index (χ2v) is 3.29. The van der Waals surface area contributed by atoms with Crippen LogP contribution in [0.3, 0.4) is 0 Å². The van der Waals surface area contributed by atoms with Gasteiger partial charge in [0.25, 0.3) is 0 Å². The van der Waals surface area contributed by atoms with Crippen molar-refractivity contribution in [1.29, 1.82) is 0 Å². The molecule has 1 fully saturated rings. The van der Waals surface area contributed by atoms with Crippen LogP contribution in [0.5, 0.6) is 0 Å². The zero-order valence-electron chi connectivity index (χ0n) is 6.18. The van der Waals surface area contributed by atoms with Crippen LogP contribution in [0.25, 0.3) is 0 Å². The highest BCUT2D eigenvalue weighted by Crippen LogP contribution is 2.13. The molecule has 0 saturated carbocycles. The van der Waals surface area contributed by atoms with Crippen LogP contribution in [0.1, 0.15) is 19.8 Å². The minimum atomic E-state index is -0.0544.